The molecule has 342 valence electrons. The highest BCUT2D eigenvalue weighted by atomic mass is 16.6. The number of carbonyl (C=O) groups excluding carboxylic acids is 3. The van der Waals surface area contributed by atoms with Gasteiger partial charge in [0, 0.05) is 19.3 Å². The molecule has 0 aliphatic rings. The summed E-state index contributed by atoms with van der Waals surface area (Å²) >= 11 is 0. The molecule has 0 aromatic rings. The van der Waals surface area contributed by atoms with Gasteiger partial charge in [0.25, 0.3) is 0 Å². The third kappa shape index (κ3) is 46.7. The van der Waals surface area contributed by atoms with Crippen LogP contribution in [-0.2, 0) is 28.6 Å². The van der Waals surface area contributed by atoms with Gasteiger partial charge in [-0.1, -0.05) is 226 Å². The summed E-state index contributed by atoms with van der Waals surface area (Å²) in [7, 11) is 0. The van der Waals surface area contributed by atoms with Crippen LogP contribution in [0.15, 0.2) is 122 Å². The van der Waals surface area contributed by atoms with Crippen LogP contribution in [0, 0.1) is 0 Å². The second-order valence-electron chi connectivity index (χ2n) is 15.4. The monoisotopic (exact) mass is 843 g/mol. The van der Waals surface area contributed by atoms with Gasteiger partial charge in [-0.05, 0) is 64.2 Å². The first-order valence-electron chi connectivity index (χ1n) is 24.1. The van der Waals surface area contributed by atoms with Crippen LogP contribution < -0.4 is 0 Å². The predicted octanol–water partition coefficient (Wildman–Crippen LogP) is 15.7. The summed E-state index contributed by atoms with van der Waals surface area (Å²) in [5.41, 5.74) is 0. The zero-order valence-corrected chi connectivity index (χ0v) is 38.9. The van der Waals surface area contributed by atoms with Crippen molar-refractivity contribution in [1.82, 2.24) is 0 Å². The number of carbonyl (C=O) groups is 3. The molecule has 0 saturated carbocycles. The van der Waals surface area contributed by atoms with E-state index in [2.05, 4.69) is 75.5 Å². The van der Waals surface area contributed by atoms with Crippen LogP contribution in [0.1, 0.15) is 188 Å². The highest BCUT2D eigenvalue weighted by molar-refractivity contribution is 5.71. The Kier molecular flexibility index (Phi) is 45.1. The van der Waals surface area contributed by atoms with Crippen molar-refractivity contribution in [3.8, 4) is 0 Å². The van der Waals surface area contributed by atoms with E-state index < -0.39 is 6.10 Å². The molecular weight excluding hydrogens is 757 g/mol. The first-order chi connectivity index (χ1) is 30.0. The van der Waals surface area contributed by atoms with Gasteiger partial charge in [0.15, 0.2) is 6.10 Å². The standard InChI is InChI=1S/C55H86O6/c1-4-7-10-13-16-19-22-25-27-28-31-33-36-39-42-45-48-54(57)60-51-52(50-59-53(56)47-44-41-38-35-32-29-24-21-18-15-12-9-6-3)61-55(58)49-46-43-40-37-34-30-26-23-20-17-14-11-8-5-2/h7,9-10,12,15-16,18-19,21,24-25,27,29,31-33,35,38-39,42,52H,4-6,8,11,13-14,17,20,22-23,26,28,30,34,36-37,40-41,43-51H2,1-3H3/b10-7-,12-9-,18-15-,19-16-,24-21-,27-25-,32-29-,33-31-,38-35-,42-39-. The van der Waals surface area contributed by atoms with Crippen LogP contribution in [0.4, 0.5) is 0 Å². The lowest BCUT2D eigenvalue weighted by molar-refractivity contribution is -0.166. The van der Waals surface area contributed by atoms with Crippen molar-refractivity contribution in [2.45, 2.75) is 194 Å². The molecule has 0 saturated heterocycles. The lowest BCUT2D eigenvalue weighted by Crippen LogP contribution is -2.30. The van der Waals surface area contributed by atoms with Gasteiger partial charge in [-0.2, -0.15) is 0 Å². The molecule has 6 heteroatoms. The van der Waals surface area contributed by atoms with Crippen LogP contribution in [-0.4, -0.2) is 37.2 Å². The largest absolute Gasteiger partial charge is 0.462 e. The summed E-state index contributed by atoms with van der Waals surface area (Å²) in [5.74, 6) is -1.10. The Labute approximate surface area is 373 Å². The van der Waals surface area contributed by atoms with E-state index in [1.165, 1.54) is 70.6 Å². The molecule has 0 spiro atoms. The van der Waals surface area contributed by atoms with Gasteiger partial charge in [0.1, 0.15) is 13.2 Å². The number of unbranched alkanes of at least 4 members (excludes halogenated alkanes) is 14. The number of ether oxygens (including phenoxy) is 3. The van der Waals surface area contributed by atoms with Gasteiger partial charge in [0.05, 0.1) is 0 Å². The molecule has 1 unspecified atom stereocenters. The van der Waals surface area contributed by atoms with Crippen LogP contribution in [0.25, 0.3) is 0 Å². The molecule has 0 radical (unpaired) electrons. The fourth-order valence-electron chi connectivity index (χ4n) is 6.05. The Morgan fingerprint density at radius 2 is 0.754 bits per heavy atom. The predicted molar refractivity (Wildman–Crippen MR) is 260 cm³/mol. The third-order valence-electron chi connectivity index (χ3n) is 9.60. The number of hydrogen-bond acceptors (Lipinski definition) is 6. The number of allylic oxidation sites excluding steroid dienone is 20. The van der Waals surface area contributed by atoms with E-state index in [4.69, 9.17) is 14.2 Å². The van der Waals surface area contributed by atoms with Crippen LogP contribution in [0.3, 0.4) is 0 Å². The Morgan fingerprint density at radius 1 is 0.361 bits per heavy atom. The van der Waals surface area contributed by atoms with Gasteiger partial charge >= 0.3 is 17.9 Å². The molecule has 0 heterocycles. The van der Waals surface area contributed by atoms with Gasteiger partial charge in [-0.15, -0.1) is 0 Å². The summed E-state index contributed by atoms with van der Waals surface area (Å²) < 4.78 is 16.6. The molecular formula is C55H86O6. The topological polar surface area (TPSA) is 78.9 Å². The quantitative estimate of drug-likeness (QED) is 0.0201. The second kappa shape index (κ2) is 48.5. The minimum absolute atomic E-state index is 0.140. The molecule has 0 aliphatic heterocycles. The van der Waals surface area contributed by atoms with Crippen molar-refractivity contribution < 1.29 is 28.6 Å². The summed E-state index contributed by atoms with van der Waals surface area (Å²) in [5, 5.41) is 0. The van der Waals surface area contributed by atoms with E-state index in [-0.39, 0.29) is 44.0 Å². The van der Waals surface area contributed by atoms with Crippen molar-refractivity contribution in [2.75, 3.05) is 13.2 Å². The Balaban J connectivity index is 4.61. The smallest absolute Gasteiger partial charge is 0.306 e. The Bertz CT molecular complexity index is 1340. The van der Waals surface area contributed by atoms with Crippen molar-refractivity contribution in [1.29, 1.82) is 0 Å². The van der Waals surface area contributed by atoms with Crippen LogP contribution in [0.5, 0.6) is 0 Å². The minimum Gasteiger partial charge on any atom is -0.462 e. The van der Waals surface area contributed by atoms with Crippen LogP contribution in [0.2, 0.25) is 0 Å². The zero-order valence-electron chi connectivity index (χ0n) is 38.9. The molecule has 61 heavy (non-hydrogen) atoms. The maximum absolute atomic E-state index is 12.8. The average molecular weight is 843 g/mol. The fourth-order valence-corrected chi connectivity index (χ4v) is 6.05. The molecule has 0 amide bonds. The fraction of sp³-hybridized carbons (Fsp3) is 0.582. The number of rotatable bonds is 41. The van der Waals surface area contributed by atoms with E-state index in [9.17, 15) is 14.4 Å². The Hall–Kier alpha value is -4.19. The molecule has 0 fully saturated rings. The van der Waals surface area contributed by atoms with E-state index in [1.54, 1.807) is 0 Å². The van der Waals surface area contributed by atoms with Crippen LogP contribution >= 0.6 is 0 Å². The molecule has 0 rings (SSSR count). The van der Waals surface area contributed by atoms with Crippen molar-refractivity contribution in [3.63, 3.8) is 0 Å². The average Bonchev–Trinajstić information content (AvgIpc) is 3.26. The zero-order chi connectivity index (χ0) is 44.4. The third-order valence-corrected chi connectivity index (χ3v) is 9.60. The molecule has 6 nitrogen and oxygen atoms in total. The van der Waals surface area contributed by atoms with Gasteiger partial charge in [-0.3, -0.25) is 14.4 Å². The SMILES string of the molecule is CC\C=C/C=C\C=C/C=C\C=C/CCCC(=O)OCC(COC(=O)CC/C=C\C/C=C\C/C=C\C/C=C\C/C=C\CC)OC(=O)CCCCCCCCCCCCCCCC. The maximum atomic E-state index is 12.8. The second-order valence-corrected chi connectivity index (χ2v) is 15.4. The van der Waals surface area contributed by atoms with Gasteiger partial charge in [-0.25, -0.2) is 0 Å². The lowest BCUT2D eigenvalue weighted by atomic mass is 10.0. The summed E-state index contributed by atoms with van der Waals surface area (Å²) in [4.78, 5) is 37.8. The first-order valence-corrected chi connectivity index (χ1v) is 24.1. The lowest BCUT2D eigenvalue weighted by Gasteiger charge is -2.18. The molecule has 0 aromatic heterocycles. The van der Waals surface area contributed by atoms with Crippen molar-refractivity contribution in [3.05, 3.63) is 122 Å². The van der Waals surface area contributed by atoms with Gasteiger partial charge < -0.3 is 14.2 Å². The molecule has 0 N–H and O–H groups in total. The summed E-state index contributed by atoms with van der Waals surface area (Å²) in [6, 6.07) is 0. The van der Waals surface area contributed by atoms with E-state index in [0.29, 0.717) is 19.3 Å². The maximum Gasteiger partial charge on any atom is 0.306 e. The highest BCUT2D eigenvalue weighted by Gasteiger charge is 2.19. The van der Waals surface area contributed by atoms with E-state index >= 15 is 0 Å². The number of hydrogen-bond donors (Lipinski definition) is 0. The normalized spacial score (nSPS) is 13.2. The Morgan fingerprint density at radius 3 is 1.25 bits per heavy atom. The molecule has 1 atom stereocenters. The van der Waals surface area contributed by atoms with Crippen molar-refractivity contribution >= 4 is 17.9 Å². The first kappa shape index (κ1) is 56.8. The summed E-state index contributed by atoms with van der Waals surface area (Å²) in [6.45, 7) is 6.22. The molecule has 0 aromatic carbocycles. The minimum atomic E-state index is -0.837. The molecule has 0 aliphatic carbocycles. The van der Waals surface area contributed by atoms with Crippen molar-refractivity contribution in [2.24, 2.45) is 0 Å². The number of esters is 3. The van der Waals surface area contributed by atoms with Gasteiger partial charge in [0.2, 0.25) is 0 Å². The summed E-state index contributed by atoms with van der Waals surface area (Å²) in [6.07, 6.45) is 66.3. The molecule has 0 bridgehead atoms. The van der Waals surface area contributed by atoms with E-state index in [1.807, 2.05) is 66.8 Å². The van der Waals surface area contributed by atoms with E-state index in [0.717, 1.165) is 64.2 Å². The highest BCUT2D eigenvalue weighted by Crippen LogP contribution is 2.14.